The molecular weight excluding hydrogens is 372 g/mol. The maximum absolute atomic E-state index is 12.4. The van der Waals surface area contributed by atoms with Crippen molar-refractivity contribution in [2.45, 2.75) is 9.79 Å². The lowest BCUT2D eigenvalue weighted by atomic mass is 10.2. The van der Waals surface area contributed by atoms with Gasteiger partial charge in [0.2, 0.25) is 0 Å². The maximum atomic E-state index is 12.4. The number of ether oxygens (including phenoxy) is 1. The maximum Gasteiger partial charge on any atom is 0.271 e. The van der Waals surface area contributed by atoms with E-state index in [0.29, 0.717) is 0 Å². The first-order valence-electron chi connectivity index (χ1n) is 6.70. The average Bonchev–Trinajstić information content (AvgIpc) is 2.53. The SMILES string of the molecule is COc1ccc([N+](=O)[O-])cc1NS(=O)(=O)c1ccc(S(C)(=O)=O)cc1. The molecule has 2 aromatic rings. The van der Waals surface area contributed by atoms with E-state index < -0.39 is 24.8 Å². The van der Waals surface area contributed by atoms with Gasteiger partial charge in [-0.2, -0.15) is 0 Å². The van der Waals surface area contributed by atoms with Crippen molar-refractivity contribution in [2.24, 2.45) is 0 Å². The van der Waals surface area contributed by atoms with Gasteiger partial charge in [0.1, 0.15) is 5.75 Å². The zero-order valence-electron chi connectivity index (χ0n) is 13.2. The molecule has 0 heterocycles. The minimum absolute atomic E-state index is 0.0284. The standard InChI is InChI=1S/C14H14N2O7S2/c1-23-14-8-3-10(16(17)18)9-13(14)15-25(21,22)12-6-4-11(5-7-12)24(2,19)20/h3-9,15H,1-2H3. The van der Waals surface area contributed by atoms with E-state index in [4.69, 9.17) is 4.74 Å². The zero-order valence-corrected chi connectivity index (χ0v) is 14.8. The van der Waals surface area contributed by atoms with Crippen molar-refractivity contribution < 1.29 is 26.5 Å². The minimum atomic E-state index is -4.10. The van der Waals surface area contributed by atoms with Gasteiger partial charge in [-0.3, -0.25) is 14.8 Å². The van der Waals surface area contributed by atoms with Gasteiger partial charge in [-0.1, -0.05) is 0 Å². The van der Waals surface area contributed by atoms with Gasteiger partial charge in [0, 0.05) is 18.4 Å². The lowest BCUT2D eigenvalue weighted by Crippen LogP contribution is -2.14. The molecule has 0 aliphatic rings. The van der Waals surface area contributed by atoms with Gasteiger partial charge in [-0.05, 0) is 30.3 Å². The van der Waals surface area contributed by atoms with Crippen molar-refractivity contribution in [3.8, 4) is 5.75 Å². The number of nitrogens with one attached hydrogen (secondary N) is 1. The predicted molar refractivity (Wildman–Crippen MR) is 90.0 cm³/mol. The first-order chi connectivity index (χ1) is 11.5. The molecule has 0 atom stereocenters. The highest BCUT2D eigenvalue weighted by atomic mass is 32.2. The Bertz CT molecular complexity index is 1010. The van der Waals surface area contributed by atoms with E-state index in [1.54, 1.807) is 0 Å². The first-order valence-corrected chi connectivity index (χ1v) is 10.1. The number of benzene rings is 2. The molecule has 0 aromatic heterocycles. The summed E-state index contributed by atoms with van der Waals surface area (Å²) in [5, 5.41) is 10.9. The second kappa shape index (κ2) is 6.69. The van der Waals surface area contributed by atoms with Crippen LogP contribution < -0.4 is 9.46 Å². The van der Waals surface area contributed by atoms with Gasteiger partial charge < -0.3 is 4.74 Å². The summed E-state index contributed by atoms with van der Waals surface area (Å²) in [4.78, 5) is 9.95. The quantitative estimate of drug-likeness (QED) is 0.591. The first kappa shape index (κ1) is 18.7. The van der Waals surface area contributed by atoms with Gasteiger partial charge in [-0.25, -0.2) is 16.8 Å². The number of non-ortho nitro benzene ring substituents is 1. The zero-order chi connectivity index (χ0) is 18.8. The van der Waals surface area contributed by atoms with Crippen LogP contribution >= 0.6 is 0 Å². The third kappa shape index (κ3) is 4.25. The second-order valence-electron chi connectivity index (χ2n) is 4.99. The summed E-state index contributed by atoms with van der Waals surface area (Å²) < 4.78 is 54.9. The topological polar surface area (TPSA) is 133 Å². The molecule has 9 nitrogen and oxygen atoms in total. The summed E-state index contributed by atoms with van der Waals surface area (Å²) in [5.41, 5.74) is -0.421. The fraction of sp³-hybridized carbons (Fsp3) is 0.143. The number of hydrogen-bond donors (Lipinski definition) is 1. The van der Waals surface area contributed by atoms with Crippen LogP contribution in [0.3, 0.4) is 0 Å². The van der Waals surface area contributed by atoms with Crippen LogP contribution in [0.4, 0.5) is 11.4 Å². The van der Waals surface area contributed by atoms with Crippen LogP contribution in [0.1, 0.15) is 0 Å². The Kier molecular flexibility index (Phi) is 4.99. The van der Waals surface area contributed by atoms with Crippen LogP contribution in [0.5, 0.6) is 5.75 Å². The highest BCUT2D eigenvalue weighted by Crippen LogP contribution is 2.31. The van der Waals surface area contributed by atoms with Crippen molar-refractivity contribution >= 4 is 31.2 Å². The van der Waals surface area contributed by atoms with E-state index in [2.05, 4.69) is 4.72 Å². The van der Waals surface area contributed by atoms with Crippen molar-refractivity contribution in [3.63, 3.8) is 0 Å². The van der Waals surface area contributed by atoms with Crippen molar-refractivity contribution in [1.82, 2.24) is 0 Å². The van der Waals surface area contributed by atoms with Gasteiger partial charge >= 0.3 is 0 Å². The van der Waals surface area contributed by atoms with Gasteiger partial charge in [0.05, 0.1) is 27.5 Å². The molecule has 134 valence electrons. The summed E-state index contributed by atoms with van der Waals surface area (Å²) in [6.07, 6.45) is 1.00. The highest BCUT2D eigenvalue weighted by molar-refractivity contribution is 7.92. The molecule has 0 spiro atoms. The van der Waals surface area contributed by atoms with Crippen LogP contribution in [0.15, 0.2) is 52.3 Å². The average molecular weight is 386 g/mol. The third-order valence-corrected chi connectivity index (χ3v) is 5.71. The van der Waals surface area contributed by atoms with Crippen molar-refractivity contribution in [1.29, 1.82) is 0 Å². The monoisotopic (exact) mass is 386 g/mol. The molecule has 2 aromatic carbocycles. The number of sulfonamides is 1. The summed E-state index contributed by atoms with van der Waals surface area (Å²) in [5.74, 6) is 0.0990. The molecule has 0 saturated heterocycles. The predicted octanol–water partition coefficient (Wildman–Crippen LogP) is 1.81. The summed E-state index contributed by atoms with van der Waals surface area (Å²) in [6, 6.07) is 8.05. The molecule has 2 rings (SSSR count). The largest absolute Gasteiger partial charge is 0.495 e. The lowest BCUT2D eigenvalue weighted by molar-refractivity contribution is -0.384. The Hall–Kier alpha value is -2.66. The molecule has 0 aliphatic carbocycles. The number of hydrogen-bond acceptors (Lipinski definition) is 7. The van der Waals surface area contributed by atoms with E-state index in [1.807, 2.05) is 0 Å². The van der Waals surface area contributed by atoms with E-state index in [9.17, 15) is 26.9 Å². The van der Waals surface area contributed by atoms with Gasteiger partial charge in [0.15, 0.2) is 9.84 Å². The van der Waals surface area contributed by atoms with E-state index >= 15 is 0 Å². The smallest absolute Gasteiger partial charge is 0.271 e. The Morgan fingerprint density at radius 1 is 1.00 bits per heavy atom. The highest BCUT2D eigenvalue weighted by Gasteiger charge is 2.20. The van der Waals surface area contributed by atoms with E-state index in [0.717, 1.165) is 36.6 Å². The van der Waals surface area contributed by atoms with Crippen molar-refractivity contribution in [3.05, 3.63) is 52.6 Å². The molecule has 0 fully saturated rings. The number of nitro groups is 1. The Morgan fingerprint density at radius 2 is 1.56 bits per heavy atom. The normalized spacial score (nSPS) is 11.8. The molecule has 0 unspecified atom stereocenters. The van der Waals surface area contributed by atoms with Crippen LogP contribution in [0.25, 0.3) is 0 Å². The number of nitrogens with zero attached hydrogens (tertiary/aromatic N) is 1. The third-order valence-electron chi connectivity index (χ3n) is 3.20. The van der Waals surface area contributed by atoms with Crippen molar-refractivity contribution in [2.75, 3.05) is 18.1 Å². The Balaban J connectivity index is 2.42. The molecule has 0 bridgehead atoms. The molecule has 1 N–H and O–H groups in total. The van der Waals surface area contributed by atoms with Crippen LogP contribution in [-0.2, 0) is 19.9 Å². The number of rotatable bonds is 6. The van der Waals surface area contributed by atoms with E-state index in [1.165, 1.54) is 19.2 Å². The summed E-state index contributed by atoms with van der Waals surface area (Å²) in [6.45, 7) is 0. The fourth-order valence-corrected chi connectivity index (χ4v) is 3.65. The van der Waals surface area contributed by atoms with E-state index in [-0.39, 0.29) is 26.9 Å². The molecule has 25 heavy (non-hydrogen) atoms. The van der Waals surface area contributed by atoms with Gasteiger partial charge in [0.25, 0.3) is 15.7 Å². The molecule has 0 saturated carbocycles. The minimum Gasteiger partial charge on any atom is -0.495 e. The molecule has 0 radical (unpaired) electrons. The fourth-order valence-electron chi connectivity index (χ4n) is 1.96. The van der Waals surface area contributed by atoms with Gasteiger partial charge in [-0.15, -0.1) is 0 Å². The molecule has 0 amide bonds. The molecule has 0 aliphatic heterocycles. The molecular formula is C14H14N2O7S2. The Labute approximate surface area is 144 Å². The lowest BCUT2D eigenvalue weighted by Gasteiger charge is -2.12. The number of nitro benzene ring substituents is 1. The number of methoxy groups -OCH3 is 1. The summed E-state index contributed by atoms with van der Waals surface area (Å²) >= 11 is 0. The summed E-state index contributed by atoms with van der Waals surface area (Å²) in [7, 11) is -6.27. The number of sulfone groups is 1. The van der Waals surface area contributed by atoms with Crippen LogP contribution in [-0.4, -0.2) is 35.1 Å². The van der Waals surface area contributed by atoms with Crippen LogP contribution in [0, 0.1) is 10.1 Å². The number of anilines is 1. The van der Waals surface area contributed by atoms with Crippen LogP contribution in [0.2, 0.25) is 0 Å². The Morgan fingerprint density at radius 3 is 2.04 bits per heavy atom. The molecule has 11 heteroatoms. The second-order valence-corrected chi connectivity index (χ2v) is 8.69.